The van der Waals surface area contributed by atoms with E-state index in [1.54, 1.807) is 0 Å². The Kier molecular flexibility index (Phi) is 5.98. The summed E-state index contributed by atoms with van der Waals surface area (Å²) in [6.45, 7) is 12.5. The smallest absolute Gasteiger partial charge is 0.0753 e. The molecule has 1 rings (SSSR count). The Morgan fingerprint density at radius 2 is 2.05 bits per heavy atom. The minimum atomic E-state index is 0.359. The van der Waals surface area contributed by atoms with Crippen molar-refractivity contribution in [2.75, 3.05) is 6.54 Å². The number of aromatic nitrogens is 3. The Balaban J connectivity index is 2.67. The molecule has 0 aliphatic rings. The number of nitrogens with zero attached hydrogens (tertiary/aromatic N) is 3. The SMILES string of the molecule is CCCNC(CC(C)CC(C)(C)C)c1cnnn1C. The van der Waals surface area contributed by atoms with E-state index >= 15 is 0 Å². The molecule has 0 aliphatic heterocycles. The molecule has 110 valence electrons. The topological polar surface area (TPSA) is 42.7 Å². The summed E-state index contributed by atoms with van der Waals surface area (Å²) in [6, 6.07) is 0.359. The van der Waals surface area contributed by atoms with Crippen LogP contribution in [0.2, 0.25) is 0 Å². The molecule has 19 heavy (non-hydrogen) atoms. The van der Waals surface area contributed by atoms with Crippen LogP contribution in [0, 0.1) is 11.3 Å². The highest BCUT2D eigenvalue weighted by Gasteiger charge is 2.21. The minimum Gasteiger partial charge on any atom is -0.309 e. The van der Waals surface area contributed by atoms with Gasteiger partial charge >= 0.3 is 0 Å². The van der Waals surface area contributed by atoms with Crippen molar-refractivity contribution in [1.82, 2.24) is 20.3 Å². The van der Waals surface area contributed by atoms with Gasteiger partial charge in [0, 0.05) is 7.05 Å². The van der Waals surface area contributed by atoms with Crippen LogP contribution in [0.25, 0.3) is 0 Å². The van der Waals surface area contributed by atoms with Crippen molar-refractivity contribution >= 4 is 0 Å². The predicted octanol–water partition coefficient (Wildman–Crippen LogP) is 3.32. The maximum atomic E-state index is 4.05. The zero-order valence-corrected chi connectivity index (χ0v) is 13.4. The summed E-state index contributed by atoms with van der Waals surface area (Å²) in [5, 5.41) is 11.7. The number of aryl methyl sites for hydroxylation is 1. The van der Waals surface area contributed by atoms with E-state index in [1.807, 2.05) is 17.9 Å². The molecule has 0 saturated carbocycles. The number of rotatable bonds is 7. The van der Waals surface area contributed by atoms with Gasteiger partial charge in [-0.15, -0.1) is 5.10 Å². The van der Waals surface area contributed by atoms with Crippen molar-refractivity contribution in [2.24, 2.45) is 18.4 Å². The van der Waals surface area contributed by atoms with E-state index in [9.17, 15) is 0 Å². The van der Waals surface area contributed by atoms with E-state index in [4.69, 9.17) is 0 Å². The van der Waals surface area contributed by atoms with Gasteiger partial charge in [-0.3, -0.25) is 4.68 Å². The quantitative estimate of drug-likeness (QED) is 0.823. The van der Waals surface area contributed by atoms with Crippen molar-refractivity contribution in [1.29, 1.82) is 0 Å². The highest BCUT2D eigenvalue weighted by molar-refractivity contribution is 5.02. The van der Waals surface area contributed by atoms with E-state index in [-0.39, 0.29) is 0 Å². The highest BCUT2D eigenvalue weighted by atomic mass is 15.4. The summed E-state index contributed by atoms with van der Waals surface area (Å²) < 4.78 is 1.89. The van der Waals surface area contributed by atoms with Crippen molar-refractivity contribution in [3.8, 4) is 0 Å². The second-order valence-electron chi connectivity index (χ2n) is 6.89. The second kappa shape index (κ2) is 7.04. The summed E-state index contributed by atoms with van der Waals surface area (Å²) in [5.74, 6) is 0.684. The van der Waals surface area contributed by atoms with Gasteiger partial charge in [-0.25, -0.2) is 0 Å². The van der Waals surface area contributed by atoms with Crippen molar-refractivity contribution < 1.29 is 0 Å². The molecule has 0 spiro atoms. The van der Waals surface area contributed by atoms with Gasteiger partial charge < -0.3 is 5.32 Å². The van der Waals surface area contributed by atoms with Gasteiger partial charge in [0.05, 0.1) is 17.9 Å². The minimum absolute atomic E-state index is 0.359. The Morgan fingerprint density at radius 3 is 2.53 bits per heavy atom. The first-order chi connectivity index (χ1) is 8.83. The third kappa shape index (κ3) is 5.72. The summed E-state index contributed by atoms with van der Waals surface area (Å²) in [6.07, 6.45) is 5.41. The molecule has 0 bridgehead atoms. The van der Waals surface area contributed by atoms with E-state index in [2.05, 4.69) is 50.2 Å². The standard InChI is InChI=1S/C15H30N4/c1-7-8-16-13(14-11-17-18-19(14)6)9-12(2)10-15(3,4)5/h11-13,16H,7-10H2,1-6H3. The molecule has 4 heteroatoms. The maximum absolute atomic E-state index is 4.05. The Bertz CT molecular complexity index is 364. The van der Waals surface area contributed by atoms with E-state index in [0.717, 1.165) is 19.4 Å². The van der Waals surface area contributed by atoms with Gasteiger partial charge in [-0.1, -0.05) is 39.8 Å². The van der Waals surface area contributed by atoms with Crippen molar-refractivity contribution in [3.63, 3.8) is 0 Å². The lowest BCUT2D eigenvalue weighted by atomic mass is 9.82. The van der Waals surface area contributed by atoms with E-state index < -0.39 is 0 Å². The van der Waals surface area contributed by atoms with Crippen LogP contribution in [0.15, 0.2) is 6.20 Å². The van der Waals surface area contributed by atoms with Gasteiger partial charge in [-0.05, 0) is 37.1 Å². The normalized spacial score (nSPS) is 15.5. The molecule has 1 aromatic rings. The van der Waals surface area contributed by atoms with Gasteiger partial charge in [0.1, 0.15) is 0 Å². The molecule has 0 fully saturated rings. The zero-order chi connectivity index (χ0) is 14.5. The molecule has 1 aromatic heterocycles. The average Bonchev–Trinajstić information content (AvgIpc) is 2.68. The van der Waals surface area contributed by atoms with Gasteiger partial charge in [-0.2, -0.15) is 0 Å². The van der Waals surface area contributed by atoms with Crippen LogP contribution in [0.3, 0.4) is 0 Å². The Morgan fingerprint density at radius 1 is 1.37 bits per heavy atom. The predicted molar refractivity (Wildman–Crippen MR) is 79.9 cm³/mol. The molecule has 1 N–H and O–H groups in total. The third-order valence-electron chi connectivity index (χ3n) is 3.35. The molecule has 0 amide bonds. The lowest BCUT2D eigenvalue weighted by Crippen LogP contribution is -2.27. The Hall–Kier alpha value is -0.900. The number of hydrogen-bond donors (Lipinski definition) is 1. The number of hydrogen-bond acceptors (Lipinski definition) is 3. The van der Waals surface area contributed by atoms with Crippen molar-refractivity contribution in [2.45, 2.75) is 59.9 Å². The molecular weight excluding hydrogens is 236 g/mol. The average molecular weight is 266 g/mol. The summed E-state index contributed by atoms with van der Waals surface area (Å²) >= 11 is 0. The lowest BCUT2D eigenvalue weighted by Gasteiger charge is -2.27. The Labute approximate surface area is 118 Å². The monoisotopic (exact) mass is 266 g/mol. The first-order valence-electron chi connectivity index (χ1n) is 7.41. The highest BCUT2D eigenvalue weighted by Crippen LogP contribution is 2.30. The van der Waals surface area contributed by atoms with Crippen molar-refractivity contribution in [3.05, 3.63) is 11.9 Å². The fourth-order valence-electron chi connectivity index (χ4n) is 2.77. The number of nitrogens with one attached hydrogen (secondary N) is 1. The van der Waals surface area contributed by atoms with Crippen LogP contribution in [-0.4, -0.2) is 21.5 Å². The van der Waals surface area contributed by atoms with Gasteiger partial charge in [0.25, 0.3) is 0 Å². The molecule has 4 nitrogen and oxygen atoms in total. The van der Waals surface area contributed by atoms with Crippen LogP contribution in [0.1, 0.15) is 65.6 Å². The fraction of sp³-hybridized carbons (Fsp3) is 0.867. The third-order valence-corrected chi connectivity index (χ3v) is 3.35. The van der Waals surface area contributed by atoms with E-state index in [0.29, 0.717) is 17.4 Å². The molecule has 2 atom stereocenters. The second-order valence-corrected chi connectivity index (χ2v) is 6.89. The lowest BCUT2D eigenvalue weighted by molar-refractivity contribution is 0.272. The summed E-state index contributed by atoms with van der Waals surface area (Å²) in [5.41, 5.74) is 1.58. The first kappa shape index (κ1) is 16.2. The van der Waals surface area contributed by atoms with Crippen LogP contribution in [-0.2, 0) is 7.05 Å². The van der Waals surface area contributed by atoms with E-state index in [1.165, 1.54) is 12.1 Å². The zero-order valence-electron chi connectivity index (χ0n) is 13.4. The fourth-order valence-corrected chi connectivity index (χ4v) is 2.77. The van der Waals surface area contributed by atoms with Gasteiger partial charge in [0.2, 0.25) is 0 Å². The molecule has 0 saturated heterocycles. The van der Waals surface area contributed by atoms with Crippen LogP contribution in [0.4, 0.5) is 0 Å². The molecule has 0 aliphatic carbocycles. The largest absolute Gasteiger partial charge is 0.309 e. The summed E-state index contributed by atoms with van der Waals surface area (Å²) in [4.78, 5) is 0. The molecule has 1 heterocycles. The molecule has 0 radical (unpaired) electrons. The maximum Gasteiger partial charge on any atom is 0.0753 e. The molecule has 0 aromatic carbocycles. The van der Waals surface area contributed by atoms with Crippen LogP contribution >= 0.6 is 0 Å². The molecular formula is C15H30N4. The van der Waals surface area contributed by atoms with Gasteiger partial charge in [0.15, 0.2) is 0 Å². The van der Waals surface area contributed by atoms with Crippen LogP contribution < -0.4 is 5.32 Å². The molecule has 2 unspecified atom stereocenters. The van der Waals surface area contributed by atoms with Crippen LogP contribution in [0.5, 0.6) is 0 Å². The summed E-state index contributed by atoms with van der Waals surface area (Å²) in [7, 11) is 1.97. The first-order valence-corrected chi connectivity index (χ1v) is 7.41.